The number of likely N-dealkylation sites (tertiary alicyclic amines) is 1. The van der Waals surface area contributed by atoms with E-state index in [0.29, 0.717) is 24.9 Å². The van der Waals surface area contributed by atoms with E-state index in [1.807, 2.05) is 19.9 Å². The Labute approximate surface area is 220 Å². The van der Waals surface area contributed by atoms with Crippen LogP contribution >= 0.6 is 0 Å². The van der Waals surface area contributed by atoms with Crippen LogP contribution in [-0.2, 0) is 14.3 Å². The highest BCUT2D eigenvalue weighted by Crippen LogP contribution is 2.22. The van der Waals surface area contributed by atoms with Crippen LogP contribution in [0.15, 0.2) is 42.0 Å². The predicted octanol–water partition coefficient (Wildman–Crippen LogP) is 1.95. The zero-order valence-electron chi connectivity index (χ0n) is 21.4. The lowest BCUT2D eigenvalue weighted by Gasteiger charge is -2.27. The van der Waals surface area contributed by atoms with Gasteiger partial charge in [0.1, 0.15) is 17.7 Å². The Morgan fingerprint density at radius 1 is 1.29 bits per heavy atom. The number of carbonyl (C=O) groups is 2. The minimum atomic E-state index is -4.58. The minimum absolute atomic E-state index is 0.00321. The number of allylic oxidation sites excluding steroid dienone is 1. The average molecular weight is 538 g/mol. The number of hydrogen-bond donors (Lipinski definition) is 4. The SMILES string of the molecule is CC(C)C=C(C#N)C(=O)N1CCC[C@@H]1COC[C@H](NCC(F)(F)F)C(=O)N[C@H](CB(O)O)c1ccccc1. The fourth-order valence-electron chi connectivity index (χ4n) is 4.16. The number of nitrogens with one attached hydrogen (secondary N) is 2. The zero-order chi connectivity index (χ0) is 28.3. The summed E-state index contributed by atoms with van der Waals surface area (Å²) < 4.78 is 44.4. The Hall–Kier alpha value is -2.92. The van der Waals surface area contributed by atoms with Gasteiger partial charge < -0.3 is 25.0 Å². The molecule has 0 aromatic heterocycles. The second kappa shape index (κ2) is 14.9. The summed E-state index contributed by atoms with van der Waals surface area (Å²) in [5.74, 6) is -1.24. The number of ether oxygens (including phenoxy) is 1. The molecule has 38 heavy (non-hydrogen) atoms. The first-order valence-electron chi connectivity index (χ1n) is 12.4. The van der Waals surface area contributed by atoms with E-state index in [1.54, 1.807) is 36.4 Å². The van der Waals surface area contributed by atoms with Gasteiger partial charge in [-0.25, -0.2) is 0 Å². The summed E-state index contributed by atoms with van der Waals surface area (Å²) in [4.78, 5) is 27.3. The van der Waals surface area contributed by atoms with Gasteiger partial charge in [0, 0.05) is 12.9 Å². The third kappa shape index (κ3) is 10.5. The standard InChI is InChI=1S/C25H34BF3N4O5/c1-17(2)11-19(13-30)24(35)33-10-6-9-20(33)14-38-15-22(31-16-25(27,28)29)23(34)32-21(12-26(36)37)18-7-4-3-5-8-18/h3-5,7-8,11,17,20-22,31,36-37H,6,9-10,12,14-16H2,1-2H3,(H,32,34)/t20-,21-,22+/m1/s1. The Bertz CT molecular complexity index is 985. The van der Waals surface area contributed by atoms with Crippen molar-refractivity contribution in [1.82, 2.24) is 15.5 Å². The summed E-state index contributed by atoms with van der Waals surface area (Å²) in [6.07, 6.45) is -2.01. The van der Waals surface area contributed by atoms with Crippen LogP contribution in [0.3, 0.4) is 0 Å². The number of amides is 2. The summed E-state index contributed by atoms with van der Waals surface area (Å²) in [6, 6.07) is 7.66. The van der Waals surface area contributed by atoms with Crippen LogP contribution < -0.4 is 10.6 Å². The van der Waals surface area contributed by atoms with Crippen molar-refractivity contribution in [3.63, 3.8) is 0 Å². The highest BCUT2D eigenvalue weighted by Gasteiger charge is 2.34. The first-order chi connectivity index (χ1) is 17.9. The number of alkyl halides is 3. The van der Waals surface area contributed by atoms with E-state index in [0.717, 1.165) is 0 Å². The Kier molecular flexibility index (Phi) is 12.3. The molecule has 1 aromatic carbocycles. The molecule has 4 N–H and O–H groups in total. The van der Waals surface area contributed by atoms with Crippen molar-refractivity contribution < 1.29 is 37.5 Å². The van der Waals surface area contributed by atoms with Crippen LogP contribution in [0.4, 0.5) is 13.2 Å². The quantitative estimate of drug-likeness (QED) is 0.171. The molecule has 0 spiro atoms. The summed E-state index contributed by atoms with van der Waals surface area (Å²) in [7, 11) is -1.76. The molecule has 2 amide bonds. The molecular weight excluding hydrogens is 504 g/mol. The fourth-order valence-corrected chi connectivity index (χ4v) is 4.16. The van der Waals surface area contributed by atoms with Gasteiger partial charge in [0.15, 0.2) is 0 Å². The van der Waals surface area contributed by atoms with Gasteiger partial charge in [0.2, 0.25) is 5.91 Å². The predicted molar refractivity (Wildman–Crippen MR) is 134 cm³/mol. The van der Waals surface area contributed by atoms with E-state index in [4.69, 9.17) is 4.74 Å². The highest BCUT2D eigenvalue weighted by molar-refractivity contribution is 6.41. The molecule has 1 fully saturated rings. The monoisotopic (exact) mass is 538 g/mol. The maximum atomic E-state index is 13.0. The Morgan fingerprint density at radius 2 is 1.97 bits per heavy atom. The topological polar surface area (TPSA) is 135 Å². The van der Waals surface area contributed by atoms with E-state index in [9.17, 15) is 38.1 Å². The second-order valence-corrected chi connectivity index (χ2v) is 9.51. The maximum absolute atomic E-state index is 13.0. The van der Waals surface area contributed by atoms with Crippen molar-refractivity contribution in [2.24, 2.45) is 5.92 Å². The van der Waals surface area contributed by atoms with Crippen LogP contribution in [0.2, 0.25) is 6.32 Å². The van der Waals surface area contributed by atoms with E-state index in [1.165, 1.54) is 4.90 Å². The smallest absolute Gasteiger partial charge is 0.427 e. The molecule has 13 heteroatoms. The van der Waals surface area contributed by atoms with Crippen LogP contribution in [-0.4, -0.2) is 78.4 Å². The summed E-state index contributed by atoms with van der Waals surface area (Å²) in [5, 5.41) is 33.0. The van der Waals surface area contributed by atoms with E-state index >= 15 is 0 Å². The van der Waals surface area contributed by atoms with Gasteiger partial charge in [0.05, 0.1) is 31.8 Å². The molecule has 9 nitrogen and oxygen atoms in total. The van der Waals surface area contributed by atoms with E-state index < -0.39 is 50.3 Å². The number of nitriles is 1. The lowest BCUT2D eigenvalue weighted by Crippen LogP contribution is -2.51. The number of benzene rings is 1. The molecule has 1 saturated heterocycles. The first-order valence-corrected chi connectivity index (χ1v) is 12.4. The number of hydrogen-bond acceptors (Lipinski definition) is 7. The van der Waals surface area contributed by atoms with Crippen molar-refractivity contribution in [1.29, 1.82) is 5.26 Å². The number of halogens is 3. The minimum Gasteiger partial charge on any atom is -0.427 e. The molecule has 1 aromatic rings. The average Bonchev–Trinajstić information content (AvgIpc) is 3.31. The third-order valence-electron chi connectivity index (χ3n) is 5.91. The van der Waals surface area contributed by atoms with Crippen molar-refractivity contribution in [3.05, 3.63) is 47.5 Å². The number of nitrogens with zero attached hydrogens (tertiary/aromatic N) is 2. The summed E-state index contributed by atoms with van der Waals surface area (Å²) in [6.45, 7) is 2.22. The molecule has 0 aliphatic carbocycles. The molecule has 1 aliphatic heterocycles. The van der Waals surface area contributed by atoms with Crippen molar-refractivity contribution in [2.45, 2.75) is 57.3 Å². The fraction of sp³-hybridized carbons (Fsp3) is 0.560. The van der Waals surface area contributed by atoms with Gasteiger partial charge in [-0.2, -0.15) is 18.4 Å². The second-order valence-electron chi connectivity index (χ2n) is 9.51. The van der Waals surface area contributed by atoms with Crippen molar-refractivity contribution in [3.8, 4) is 6.07 Å². The molecular formula is C25H34BF3N4O5. The highest BCUT2D eigenvalue weighted by atomic mass is 19.4. The van der Waals surface area contributed by atoms with Gasteiger partial charge in [-0.3, -0.25) is 14.9 Å². The van der Waals surface area contributed by atoms with Gasteiger partial charge in [-0.05, 0) is 24.3 Å². The molecule has 0 saturated carbocycles. The van der Waals surface area contributed by atoms with Gasteiger partial charge in [-0.1, -0.05) is 50.3 Å². The number of rotatable bonds is 13. The molecule has 0 radical (unpaired) electrons. The van der Waals surface area contributed by atoms with E-state index in [2.05, 4.69) is 10.6 Å². The largest absolute Gasteiger partial charge is 0.453 e. The zero-order valence-corrected chi connectivity index (χ0v) is 21.4. The van der Waals surface area contributed by atoms with Crippen LogP contribution in [0, 0.1) is 17.2 Å². The normalized spacial score (nSPS) is 17.7. The Balaban J connectivity index is 2.08. The lowest BCUT2D eigenvalue weighted by molar-refractivity contribution is -0.135. The maximum Gasteiger partial charge on any atom is 0.453 e. The third-order valence-corrected chi connectivity index (χ3v) is 5.91. The lowest BCUT2D eigenvalue weighted by atomic mass is 9.79. The Morgan fingerprint density at radius 3 is 2.55 bits per heavy atom. The van der Waals surface area contributed by atoms with Crippen LogP contribution in [0.25, 0.3) is 0 Å². The van der Waals surface area contributed by atoms with Gasteiger partial charge >= 0.3 is 13.3 Å². The molecule has 2 rings (SSSR count). The van der Waals surface area contributed by atoms with Crippen LogP contribution in [0.5, 0.6) is 0 Å². The summed E-state index contributed by atoms with van der Waals surface area (Å²) in [5.41, 5.74) is 0.571. The molecule has 208 valence electrons. The first kappa shape index (κ1) is 31.3. The van der Waals surface area contributed by atoms with E-state index in [-0.39, 0.29) is 30.5 Å². The van der Waals surface area contributed by atoms with Crippen molar-refractivity contribution in [2.75, 3.05) is 26.3 Å². The molecule has 0 unspecified atom stereocenters. The van der Waals surface area contributed by atoms with Gasteiger partial charge in [-0.15, -0.1) is 0 Å². The van der Waals surface area contributed by atoms with Gasteiger partial charge in [0.25, 0.3) is 5.91 Å². The van der Waals surface area contributed by atoms with Crippen LogP contribution in [0.1, 0.15) is 38.3 Å². The molecule has 3 atom stereocenters. The number of carbonyl (C=O) groups excluding carboxylic acids is 2. The molecule has 1 heterocycles. The molecule has 0 bridgehead atoms. The summed E-state index contributed by atoms with van der Waals surface area (Å²) >= 11 is 0. The van der Waals surface area contributed by atoms with Crippen molar-refractivity contribution >= 4 is 18.9 Å². The molecule has 1 aliphatic rings.